The summed E-state index contributed by atoms with van der Waals surface area (Å²) in [5.41, 5.74) is 0. The molecule has 0 aliphatic heterocycles. The summed E-state index contributed by atoms with van der Waals surface area (Å²) in [5.74, 6) is 0. The van der Waals surface area contributed by atoms with Crippen LogP contribution >= 0.6 is 11.8 Å². The van der Waals surface area contributed by atoms with Crippen molar-refractivity contribution >= 4 is 11.8 Å². The quantitative estimate of drug-likeness (QED) is 0.609. The Morgan fingerprint density at radius 2 is 2.50 bits per heavy atom. The van der Waals surface area contributed by atoms with Crippen LogP contribution in [0.25, 0.3) is 0 Å². The number of rotatable bonds is 1. The summed E-state index contributed by atoms with van der Waals surface area (Å²) in [6, 6.07) is 0. The summed E-state index contributed by atoms with van der Waals surface area (Å²) < 4.78 is 0. The Bertz CT molecular complexity index is 129. The van der Waals surface area contributed by atoms with Gasteiger partial charge in [-0.2, -0.15) is 0 Å². The van der Waals surface area contributed by atoms with Crippen molar-refractivity contribution in [3.05, 3.63) is 6.33 Å². The first-order valence-electron chi connectivity index (χ1n) is 1.78. The fraction of sp³-hybridized carbons (Fsp3) is 0.333. The molecule has 41 valence electrons. The third-order valence-electron chi connectivity index (χ3n) is 0.546. The van der Waals surface area contributed by atoms with Gasteiger partial charge in [-0.3, -0.25) is 0 Å². The smallest absolute Gasteiger partial charge is 0.0464 e. The van der Waals surface area contributed by atoms with Crippen LogP contribution in [-0.4, -0.2) is 16.5 Å². The molecule has 0 saturated carbocycles. The van der Waals surface area contributed by atoms with Crippen molar-refractivity contribution in [1.29, 1.82) is 0 Å². The van der Waals surface area contributed by atoms with Gasteiger partial charge in [-0.05, 0) is 12.6 Å². The zero-order chi connectivity index (χ0) is 5.11. The van der Waals surface area contributed by atoms with Crippen LogP contribution in [0.1, 0.15) is 0 Å². The zero-order valence-electron chi connectivity index (χ0n) is 4.40. The molecule has 0 bridgehead atoms. The molecule has 1 heterocycles. The molecule has 0 unspecified atom stereocenters. The van der Waals surface area contributed by atoms with Gasteiger partial charge in [0, 0.05) is 37.9 Å². The molecule has 0 aliphatic carbocycles. The number of aromatic nitrogens is 3. The first-order valence-corrected chi connectivity index (χ1v) is 3.00. The summed E-state index contributed by atoms with van der Waals surface area (Å²) >= 11 is 1.49. The van der Waals surface area contributed by atoms with E-state index in [0.717, 1.165) is 5.16 Å². The van der Waals surface area contributed by atoms with E-state index in [1.54, 1.807) is 0 Å². The minimum Gasteiger partial charge on any atom is -0.360 e. The Morgan fingerprint density at radius 3 is 2.75 bits per heavy atom. The molecule has 1 rings (SSSR count). The normalized spacial score (nSPS) is 8.12. The molecule has 8 heavy (non-hydrogen) atoms. The van der Waals surface area contributed by atoms with Gasteiger partial charge in [-0.15, -0.1) is 11.8 Å². The molecule has 0 atom stereocenters. The van der Waals surface area contributed by atoms with E-state index in [9.17, 15) is 0 Å². The summed E-state index contributed by atoms with van der Waals surface area (Å²) in [4.78, 5) is 3.78. The molecule has 0 aromatic carbocycles. The van der Waals surface area contributed by atoms with Gasteiger partial charge in [0.25, 0.3) is 0 Å². The Balaban J connectivity index is 0.000000490. The van der Waals surface area contributed by atoms with Crippen molar-refractivity contribution in [1.82, 2.24) is 15.2 Å². The molecule has 0 saturated heterocycles. The largest absolute Gasteiger partial charge is 0.360 e. The Morgan fingerprint density at radius 1 is 1.75 bits per heavy atom. The Hall–Kier alpha value is 0.594. The number of hydrogen-bond donors (Lipinski definition) is 0. The molecule has 0 spiro atoms. The Kier molecular flexibility index (Phi) is 4.80. The maximum absolute atomic E-state index is 3.78. The SMILES string of the molecule is CSc1nnc[n-]1.[Y]. The standard InChI is InChI=1S/C3H4N3S.Y/c1-7-3-4-2-5-6-3;/h2H,1H3;/q-1;. The molecule has 3 nitrogen and oxygen atoms in total. The predicted molar refractivity (Wildman–Crippen MR) is 27.1 cm³/mol. The van der Waals surface area contributed by atoms with E-state index in [0.29, 0.717) is 0 Å². The van der Waals surface area contributed by atoms with Crippen LogP contribution in [0.2, 0.25) is 0 Å². The van der Waals surface area contributed by atoms with E-state index in [1.807, 2.05) is 6.26 Å². The van der Waals surface area contributed by atoms with Crippen LogP contribution in [0.4, 0.5) is 0 Å². The molecular formula is C3H4N3SY-. The molecule has 1 aromatic heterocycles. The molecule has 5 heteroatoms. The van der Waals surface area contributed by atoms with E-state index in [4.69, 9.17) is 0 Å². The van der Waals surface area contributed by atoms with Crippen molar-refractivity contribution in [2.24, 2.45) is 0 Å². The van der Waals surface area contributed by atoms with Gasteiger partial charge >= 0.3 is 0 Å². The van der Waals surface area contributed by atoms with Gasteiger partial charge in [-0.1, -0.05) is 0 Å². The maximum Gasteiger partial charge on any atom is 0.0464 e. The van der Waals surface area contributed by atoms with Gasteiger partial charge in [0.1, 0.15) is 0 Å². The van der Waals surface area contributed by atoms with E-state index in [1.165, 1.54) is 18.1 Å². The third kappa shape index (κ3) is 2.24. The van der Waals surface area contributed by atoms with Gasteiger partial charge in [0.15, 0.2) is 0 Å². The second-order valence-electron chi connectivity index (χ2n) is 0.947. The van der Waals surface area contributed by atoms with E-state index in [2.05, 4.69) is 15.2 Å². The minimum atomic E-state index is 0. The van der Waals surface area contributed by atoms with Crippen molar-refractivity contribution < 1.29 is 32.7 Å². The summed E-state index contributed by atoms with van der Waals surface area (Å²) in [5, 5.41) is 7.88. The predicted octanol–water partition coefficient (Wildman–Crippen LogP) is 0.153. The molecule has 0 aliphatic rings. The number of hydrogen-bond acceptors (Lipinski definition) is 3. The Labute approximate surface area is 76.9 Å². The summed E-state index contributed by atoms with van der Waals surface area (Å²) in [7, 11) is 0. The number of thioether (sulfide) groups is 1. The number of nitrogens with zero attached hydrogens (tertiary/aromatic N) is 3. The van der Waals surface area contributed by atoms with Crippen LogP contribution in [0.15, 0.2) is 11.5 Å². The van der Waals surface area contributed by atoms with Crippen LogP contribution in [0, 0.1) is 0 Å². The minimum absolute atomic E-state index is 0. The third-order valence-corrected chi connectivity index (χ3v) is 1.10. The molecule has 1 radical (unpaired) electrons. The molecule has 0 amide bonds. The van der Waals surface area contributed by atoms with Gasteiger partial charge in [-0.25, -0.2) is 0 Å². The van der Waals surface area contributed by atoms with Gasteiger partial charge < -0.3 is 15.2 Å². The monoisotopic (exact) mass is 203 g/mol. The average molecular weight is 203 g/mol. The van der Waals surface area contributed by atoms with Crippen LogP contribution in [0.5, 0.6) is 0 Å². The molecule has 0 N–H and O–H groups in total. The summed E-state index contributed by atoms with van der Waals surface area (Å²) in [6.07, 6.45) is 3.35. The van der Waals surface area contributed by atoms with Crippen LogP contribution < -0.4 is 4.98 Å². The van der Waals surface area contributed by atoms with Gasteiger partial charge in [0.05, 0.1) is 0 Å². The summed E-state index contributed by atoms with van der Waals surface area (Å²) in [6.45, 7) is 0. The van der Waals surface area contributed by atoms with Crippen molar-refractivity contribution in [2.45, 2.75) is 5.16 Å². The fourth-order valence-electron chi connectivity index (χ4n) is 0.270. The van der Waals surface area contributed by atoms with E-state index in [-0.39, 0.29) is 32.7 Å². The van der Waals surface area contributed by atoms with E-state index < -0.39 is 0 Å². The second-order valence-corrected chi connectivity index (χ2v) is 1.72. The topological polar surface area (TPSA) is 39.9 Å². The first kappa shape index (κ1) is 8.59. The molecule has 1 aromatic rings. The van der Waals surface area contributed by atoms with Crippen LogP contribution in [0.3, 0.4) is 0 Å². The van der Waals surface area contributed by atoms with Gasteiger partial charge in [0.2, 0.25) is 0 Å². The van der Waals surface area contributed by atoms with Crippen LogP contribution in [-0.2, 0) is 32.7 Å². The average Bonchev–Trinajstić information content (AvgIpc) is 2.14. The van der Waals surface area contributed by atoms with E-state index >= 15 is 0 Å². The molecule has 0 fully saturated rings. The van der Waals surface area contributed by atoms with Crippen molar-refractivity contribution in [2.75, 3.05) is 6.26 Å². The van der Waals surface area contributed by atoms with Crippen molar-refractivity contribution in [3.63, 3.8) is 0 Å². The van der Waals surface area contributed by atoms with Crippen molar-refractivity contribution in [3.8, 4) is 0 Å². The fourth-order valence-corrected chi connectivity index (χ4v) is 0.551. The first-order chi connectivity index (χ1) is 3.43. The molecular weight excluding hydrogens is 199 g/mol. The maximum atomic E-state index is 3.78. The second kappa shape index (κ2) is 4.47. The zero-order valence-corrected chi connectivity index (χ0v) is 8.06.